The van der Waals surface area contributed by atoms with E-state index < -0.39 is 0 Å². The van der Waals surface area contributed by atoms with Gasteiger partial charge in [0.2, 0.25) is 5.71 Å². The van der Waals surface area contributed by atoms with Crippen molar-refractivity contribution in [3.8, 4) is 5.75 Å². The number of nitrogens with one attached hydrogen (secondary N) is 2. The second kappa shape index (κ2) is 6.98. The van der Waals surface area contributed by atoms with E-state index in [0.717, 1.165) is 18.4 Å². The van der Waals surface area contributed by atoms with E-state index in [-0.39, 0.29) is 11.4 Å². The second-order valence-corrected chi connectivity index (χ2v) is 7.68. The average molecular weight is 401 g/mol. The van der Waals surface area contributed by atoms with Crippen molar-refractivity contribution in [2.24, 2.45) is 0 Å². The van der Waals surface area contributed by atoms with Gasteiger partial charge in [0.25, 0.3) is 5.91 Å². The molecule has 1 aliphatic rings. The Labute approximate surface area is 167 Å². The molecular weight excluding hydrogens is 380 g/mol. The van der Waals surface area contributed by atoms with Crippen LogP contribution in [-0.2, 0) is 6.54 Å². The fraction of sp³-hybridized carbons (Fsp3) is 0.350. The number of ether oxygens (including phenoxy) is 1. The lowest BCUT2D eigenvalue weighted by Gasteiger charge is -2.13. The zero-order valence-corrected chi connectivity index (χ0v) is 16.7. The van der Waals surface area contributed by atoms with E-state index in [1.165, 1.54) is 6.33 Å². The highest BCUT2D eigenvalue weighted by molar-refractivity contribution is 6.32. The summed E-state index contributed by atoms with van der Waals surface area (Å²) in [5, 5.41) is 7.44. The molecule has 2 aromatic heterocycles. The van der Waals surface area contributed by atoms with Gasteiger partial charge in [-0.2, -0.15) is 0 Å². The number of carbonyl (C=O) groups is 1. The molecule has 146 valence electrons. The van der Waals surface area contributed by atoms with Crippen LogP contribution in [0.1, 0.15) is 41.4 Å². The van der Waals surface area contributed by atoms with Gasteiger partial charge >= 0.3 is 0 Å². The molecule has 1 aliphatic carbocycles. The lowest BCUT2D eigenvalue weighted by molar-refractivity contribution is 0.0951. The van der Waals surface area contributed by atoms with E-state index in [4.69, 9.17) is 20.8 Å². The lowest BCUT2D eigenvalue weighted by atomic mass is 10.1. The van der Waals surface area contributed by atoms with E-state index in [9.17, 15) is 4.79 Å². The average Bonchev–Trinajstić information content (AvgIpc) is 3.28. The summed E-state index contributed by atoms with van der Waals surface area (Å²) in [5.41, 5.74) is 1.73. The first-order chi connectivity index (χ1) is 13.4. The quantitative estimate of drug-likeness (QED) is 0.647. The minimum atomic E-state index is -0.248. The highest BCUT2D eigenvalue weighted by Crippen LogP contribution is 2.40. The Balaban J connectivity index is 1.60. The summed E-state index contributed by atoms with van der Waals surface area (Å²) in [6.07, 6.45) is 3.57. The molecule has 7 nitrogen and oxygen atoms in total. The third-order valence-electron chi connectivity index (χ3n) is 4.98. The molecule has 2 heterocycles. The third-order valence-corrected chi connectivity index (χ3v) is 5.28. The Morgan fingerprint density at radius 2 is 2.14 bits per heavy atom. The van der Waals surface area contributed by atoms with Crippen molar-refractivity contribution in [2.45, 2.75) is 38.8 Å². The highest BCUT2D eigenvalue weighted by atomic mass is 35.5. The molecule has 3 aromatic rings. The number of hydrogen-bond donors (Lipinski definition) is 2. The fourth-order valence-corrected chi connectivity index (χ4v) is 3.38. The number of hydrogen-bond acceptors (Lipinski definition) is 6. The summed E-state index contributed by atoms with van der Waals surface area (Å²) >= 11 is 6.16. The number of furan rings is 1. The highest BCUT2D eigenvalue weighted by Gasteiger charge is 2.38. The van der Waals surface area contributed by atoms with Gasteiger partial charge in [-0.25, -0.2) is 9.97 Å². The SMILES string of the molecule is COc1ccc(CNC(=O)c2c(C)oc3ncnc(NC4(C)CC4)c23)cc1Cl. The molecule has 0 radical (unpaired) electrons. The van der Waals surface area contributed by atoms with Gasteiger partial charge in [0.1, 0.15) is 23.7 Å². The van der Waals surface area contributed by atoms with Gasteiger partial charge in [-0.3, -0.25) is 4.79 Å². The molecular formula is C20H21ClN4O3. The molecule has 0 aliphatic heterocycles. The predicted octanol–water partition coefficient (Wildman–Crippen LogP) is 4.09. The van der Waals surface area contributed by atoms with Crippen LogP contribution >= 0.6 is 11.6 Å². The first-order valence-electron chi connectivity index (χ1n) is 9.03. The molecule has 0 unspecified atom stereocenters. The number of fused-ring (bicyclic) bond motifs is 1. The van der Waals surface area contributed by atoms with Crippen LogP contribution in [0.15, 0.2) is 28.9 Å². The van der Waals surface area contributed by atoms with Crippen molar-refractivity contribution in [1.29, 1.82) is 0 Å². The largest absolute Gasteiger partial charge is 0.495 e. The summed E-state index contributed by atoms with van der Waals surface area (Å²) < 4.78 is 10.9. The first kappa shape index (κ1) is 18.6. The van der Waals surface area contributed by atoms with Gasteiger partial charge in [-0.15, -0.1) is 0 Å². The smallest absolute Gasteiger partial charge is 0.255 e. The molecule has 4 rings (SSSR count). The van der Waals surface area contributed by atoms with Crippen LogP contribution in [0, 0.1) is 6.92 Å². The number of methoxy groups -OCH3 is 1. The van der Waals surface area contributed by atoms with Crippen LogP contribution in [0.25, 0.3) is 11.1 Å². The molecule has 1 amide bonds. The Hall–Kier alpha value is -2.80. The predicted molar refractivity (Wildman–Crippen MR) is 107 cm³/mol. The number of benzene rings is 1. The maximum Gasteiger partial charge on any atom is 0.255 e. The van der Waals surface area contributed by atoms with Crippen LogP contribution in [0.2, 0.25) is 5.02 Å². The van der Waals surface area contributed by atoms with E-state index in [2.05, 4.69) is 27.5 Å². The molecule has 0 spiro atoms. The second-order valence-electron chi connectivity index (χ2n) is 7.27. The summed E-state index contributed by atoms with van der Waals surface area (Å²) in [5.74, 6) is 1.47. The van der Waals surface area contributed by atoms with Crippen molar-refractivity contribution < 1.29 is 13.9 Å². The molecule has 0 saturated heterocycles. The molecule has 1 aromatic carbocycles. The van der Waals surface area contributed by atoms with E-state index in [1.54, 1.807) is 26.2 Å². The molecule has 0 atom stereocenters. The topological polar surface area (TPSA) is 89.3 Å². The number of aryl methyl sites for hydroxylation is 1. The van der Waals surface area contributed by atoms with Gasteiger partial charge in [-0.1, -0.05) is 17.7 Å². The van der Waals surface area contributed by atoms with Gasteiger partial charge in [0.05, 0.1) is 23.1 Å². The molecule has 2 N–H and O–H groups in total. The minimum Gasteiger partial charge on any atom is -0.495 e. The van der Waals surface area contributed by atoms with E-state index in [0.29, 0.717) is 45.6 Å². The van der Waals surface area contributed by atoms with Crippen molar-refractivity contribution in [1.82, 2.24) is 15.3 Å². The number of amides is 1. The first-order valence-corrected chi connectivity index (χ1v) is 9.41. The van der Waals surface area contributed by atoms with Crippen LogP contribution < -0.4 is 15.4 Å². The van der Waals surface area contributed by atoms with Crippen LogP contribution in [0.3, 0.4) is 0 Å². The van der Waals surface area contributed by atoms with Crippen LogP contribution in [0.4, 0.5) is 5.82 Å². The number of rotatable bonds is 6. The van der Waals surface area contributed by atoms with E-state index >= 15 is 0 Å². The minimum absolute atomic E-state index is 0.0139. The number of nitrogens with zero attached hydrogens (tertiary/aromatic N) is 2. The summed E-state index contributed by atoms with van der Waals surface area (Å²) in [6.45, 7) is 4.20. The zero-order chi connectivity index (χ0) is 19.9. The number of aromatic nitrogens is 2. The van der Waals surface area contributed by atoms with Crippen molar-refractivity contribution >= 4 is 34.4 Å². The molecule has 1 fully saturated rings. The number of anilines is 1. The van der Waals surface area contributed by atoms with E-state index in [1.807, 2.05) is 6.07 Å². The number of halogens is 1. The lowest BCUT2D eigenvalue weighted by Crippen LogP contribution is -2.24. The van der Waals surface area contributed by atoms with Crippen LogP contribution in [-0.4, -0.2) is 28.5 Å². The molecule has 0 bridgehead atoms. The molecule has 1 saturated carbocycles. The summed E-state index contributed by atoms with van der Waals surface area (Å²) in [4.78, 5) is 21.5. The Kier molecular flexibility index (Phi) is 4.63. The summed E-state index contributed by atoms with van der Waals surface area (Å²) in [6, 6.07) is 5.40. The molecule has 28 heavy (non-hydrogen) atoms. The maximum absolute atomic E-state index is 12.9. The fourth-order valence-electron chi connectivity index (χ4n) is 3.10. The van der Waals surface area contributed by atoms with Crippen LogP contribution in [0.5, 0.6) is 5.75 Å². The zero-order valence-electron chi connectivity index (χ0n) is 15.9. The number of carbonyl (C=O) groups excluding carboxylic acids is 1. The van der Waals surface area contributed by atoms with Gasteiger partial charge in [0, 0.05) is 12.1 Å². The third kappa shape index (κ3) is 3.49. The summed E-state index contributed by atoms with van der Waals surface area (Å²) in [7, 11) is 1.56. The van der Waals surface area contributed by atoms with Crippen molar-refractivity contribution in [2.75, 3.05) is 12.4 Å². The maximum atomic E-state index is 12.9. The van der Waals surface area contributed by atoms with Gasteiger partial charge < -0.3 is 19.8 Å². The molecule has 8 heteroatoms. The van der Waals surface area contributed by atoms with Crippen molar-refractivity contribution in [3.63, 3.8) is 0 Å². The normalized spacial score (nSPS) is 14.7. The Morgan fingerprint density at radius 1 is 1.36 bits per heavy atom. The Morgan fingerprint density at radius 3 is 2.82 bits per heavy atom. The Bertz CT molecular complexity index is 1060. The van der Waals surface area contributed by atoms with Gasteiger partial charge in [-0.05, 0) is 44.4 Å². The van der Waals surface area contributed by atoms with Crippen molar-refractivity contribution in [3.05, 3.63) is 46.4 Å². The van der Waals surface area contributed by atoms with Gasteiger partial charge in [0.15, 0.2) is 0 Å². The standard InChI is InChI=1S/C20H21ClN4O3/c1-11-15(18(26)22-9-12-4-5-14(27-3)13(21)8-12)16-17(25-20(2)6-7-20)23-10-24-19(16)28-11/h4-5,8,10H,6-7,9H2,1-3H3,(H,22,26)(H,23,24,25). The monoisotopic (exact) mass is 400 g/mol.